The largest absolute Gasteiger partial charge is 0.451 e. The van der Waals surface area contributed by atoms with Gasteiger partial charge >= 0.3 is 6.18 Å². The number of alkyl halides is 3. The molecule has 116 valence electrons. The molecule has 2 heterocycles. The Morgan fingerprint density at radius 1 is 1.27 bits per heavy atom. The smallest absolute Gasteiger partial charge is 0.303 e. The first-order valence-electron chi connectivity index (χ1n) is 6.61. The topological polar surface area (TPSA) is 73.6 Å². The summed E-state index contributed by atoms with van der Waals surface area (Å²) in [4.78, 5) is 21.9. The van der Waals surface area contributed by atoms with E-state index in [1.165, 1.54) is 10.7 Å². The van der Waals surface area contributed by atoms with Crippen molar-refractivity contribution in [1.82, 2.24) is 24.7 Å². The van der Waals surface area contributed by atoms with Gasteiger partial charge in [0.2, 0.25) is 5.82 Å². The number of hydrogen-bond donors (Lipinski definition) is 0. The molecule has 9 heteroatoms. The maximum atomic E-state index is 13.0. The minimum Gasteiger partial charge on any atom is -0.303 e. The fourth-order valence-corrected chi connectivity index (χ4v) is 2.32. The summed E-state index contributed by atoms with van der Waals surface area (Å²) < 4.78 is 40.2. The minimum absolute atomic E-state index is 0.00646. The Bertz CT molecular complexity index is 740. The molecule has 1 unspecified atom stereocenters. The Morgan fingerprint density at radius 2 is 2.00 bits per heavy atom. The highest BCUT2D eigenvalue weighted by molar-refractivity contribution is 5.61. The van der Waals surface area contributed by atoms with Crippen LogP contribution in [0.2, 0.25) is 0 Å². The van der Waals surface area contributed by atoms with Gasteiger partial charge in [0.25, 0.3) is 0 Å². The van der Waals surface area contributed by atoms with Gasteiger partial charge in [0.1, 0.15) is 17.9 Å². The molecule has 0 amide bonds. The first-order chi connectivity index (χ1) is 10.3. The molecule has 0 aromatic carbocycles. The van der Waals surface area contributed by atoms with Crippen molar-refractivity contribution >= 4 is 6.29 Å². The maximum Gasteiger partial charge on any atom is 0.451 e. The van der Waals surface area contributed by atoms with Gasteiger partial charge < -0.3 is 4.79 Å². The third-order valence-corrected chi connectivity index (χ3v) is 3.47. The van der Waals surface area contributed by atoms with Gasteiger partial charge in [0.15, 0.2) is 5.82 Å². The van der Waals surface area contributed by atoms with Gasteiger partial charge in [0, 0.05) is 17.9 Å². The van der Waals surface area contributed by atoms with E-state index in [1.54, 1.807) is 13.8 Å². The molecule has 2 aromatic rings. The molecule has 2 aromatic heterocycles. The second-order valence-electron chi connectivity index (χ2n) is 5.23. The Labute approximate surface area is 123 Å². The van der Waals surface area contributed by atoms with Crippen LogP contribution in [0.25, 0.3) is 5.82 Å². The van der Waals surface area contributed by atoms with Crippen LogP contribution in [0.1, 0.15) is 35.5 Å². The summed E-state index contributed by atoms with van der Waals surface area (Å²) >= 11 is 0. The van der Waals surface area contributed by atoms with Gasteiger partial charge in [-0.3, -0.25) is 0 Å². The predicted molar refractivity (Wildman–Crippen MR) is 68.3 cm³/mol. The molecule has 22 heavy (non-hydrogen) atoms. The van der Waals surface area contributed by atoms with Crippen LogP contribution in [0.5, 0.6) is 0 Å². The van der Waals surface area contributed by atoms with E-state index in [0.29, 0.717) is 18.1 Å². The zero-order valence-corrected chi connectivity index (χ0v) is 11.8. The lowest BCUT2D eigenvalue weighted by molar-refractivity contribution is -0.145. The second kappa shape index (κ2) is 4.85. The number of carbonyl (C=O) groups is 1. The van der Waals surface area contributed by atoms with E-state index in [-0.39, 0.29) is 23.3 Å². The Morgan fingerprint density at radius 3 is 2.50 bits per heavy atom. The number of carbonyl (C=O) groups excluding carboxylic acids is 1. The summed E-state index contributed by atoms with van der Waals surface area (Å²) in [5.74, 6) is -0.926. The van der Waals surface area contributed by atoms with Gasteiger partial charge in [-0.1, -0.05) is 0 Å². The summed E-state index contributed by atoms with van der Waals surface area (Å²) in [6.45, 7) is 3.26. The molecule has 0 bridgehead atoms. The highest BCUT2D eigenvalue weighted by atomic mass is 19.4. The number of aldehydes is 1. The van der Waals surface area contributed by atoms with Crippen LogP contribution in [-0.4, -0.2) is 31.0 Å². The average molecular weight is 311 g/mol. The zero-order valence-electron chi connectivity index (χ0n) is 11.8. The van der Waals surface area contributed by atoms with Crippen molar-refractivity contribution in [1.29, 1.82) is 0 Å². The second-order valence-corrected chi connectivity index (χ2v) is 5.23. The van der Waals surface area contributed by atoms with Gasteiger partial charge in [-0.05, 0) is 20.3 Å². The summed E-state index contributed by atoms with van der Waals surface area (Å²) in [5, 5.41) is 4.04. The molecule has 1 aliphatic carbocycles. The number of halogens is 3. The Hall–Kier alpha value is -2.32. The number of aryl methyl sites for hydroxylation is 2. The highest BCUT2D eigenvalue weighted by Gasteiger charge is 2.42. The molecule has 3 rings (SSSR count). The minimum atomic E-state index is -4.67. The first-order valence-corrected chi connectivity index (χ1v) is 6.61. The average Bonchev–Trinajstić information content (AvgIpc) is 3.15. The maximum absolute atomic E-state index is 13.0. The van der Waals surface area contributed by atoms with Crippen LogP contribution >= 0.6 is 0 Å². The summed E-state index contributed by atoms with van der Waals surface area (Å²) in [6.07, 6.45) is -3.42. The lowest BCUT2D eigenvalue weighted by Gasteiger charge is -2.10. The van der Waals surface area contributed by atoms with E-state index in [0.717, 1.165) is 6.29 Å². The van der Waals surface area contributed by atoms with Gasteiger partial charge in [-0.15, -0.1) is 5.10 Å². The fraction of sp³-hybridized carbons (Fsp3) is 0.462. The molecule has 0 saturated heterocycles. The van der Waals surface area contributed by atoms with Crippen LogP contribution in [0.3, 0.4) is 0 Å². The molecule has 1 saturated carbocycles. The molecule has 2 atom stereocenters. The molecule has 6 nitrogen and oxygen atoms in total. The van der Waals surface area contributed by atoms with E-state index in [2.05, 4.69) is 20.1 Å². The quantitative estimate of drug-likeness (QED) is 0.811. The molecular formula is C13H12F3N5O. The Balaban J connectivity index is 2.11. The summed E-state index contributed by atoms with van der Waals surface area (Å²) in [6, 6.07) is 1.44. The fourth-order valence-electron chi connectivity index (χ4n) is 2.32. The summed E-state index contributed by atoms with van der Waals surface area (Å²) in [7, 11) is 0. The molecule has 0 aliphatic heterocycles. The molecule has 1 fully saturated rings. The van der Waals surface area contributed by atoms with Crippen molar-refractivity contribution in [3.8, 4) is 5.82 Å². The van der Waals surface area contributed by atoms with Crippen LogP contribution in [0, 0.1) is 19.8 Å². The van der Waals surface area contributed by atoms with Crippen molar-refractivity contribution in [2.75, 3.05) is 0 Å². The van der Waals surface area contributed by atoms with Gasteiger partial charge in [0.05, 0.1) is 5.69 Å². The van der Waals surface area contributed by atoms with Crippen molar-refractivity contribution in [3.05, 3.63) is 29.2 Å². The van der Waals surface area contributed by atoms with E-state index >= 15 is 0 Å². The van der Waals surface area contributed by atoms with Crippen molar-refractivity contribution in [2.24, 2.45) is 5.92 Å². The van der Waals surface area contributed by atoms with Crippen molar-refractivity contribution in [2.45, 2.75) is 32.4 Å². The number of nitrogens with zero attached hydrogens (tertiary/aromatic N) is 5. The molecular weight excluding hydrogens is 299 g/mol. The normalized spacial score (nSPS) is 21.0. The monoisotopic (exact) mass is 311 g/mol. The zero-order chi connectivity index (χ0) is 16.1. The molecule has 0 spiro atoms. The van der Waals surface area contributed by atoms with E-state index in [4.69, 9.17) is 0 Å². The highest BCUT2D eigenvalue weighted by Crippen LogP contribution is 2.45. The van der Waals surface area contributed by atoms with Crippen LogP contribution < -0.4 is 0 Å². The standard InChI is InChI=1S/C13H12F3N5O/c1-6-17-7(2)21(20-6)11-4-10(9-3-8(9)5-22)18-12(19-11)13(14,15)16/h4-5,8-9H,3H2,1-2H3/t8-,9?/m1/s1. The molecule has 0 N–H and O–H groups in total. The van der Waals surface area contributed by atoms with E-state index in [1.807, 2.05) is 0 Å². The van der Waals surface area contributed by atoms with Crippen LogP contribution in [0.15, 0.2) is 6.07 Å². The third-order valence-electron chi connectivity index (χ3n) is 3.47. The van der Waals surface area contributed by atoms with Gasteiger partial charge in [-0.25, -0.2) is 15.0 Å². The van der Waals surface area contributed by atoms with Crippen molar-refractivity contribution < 1.29 is 18.0 Å². The van der Waals surface area contributed by atoms with Crippen LogP contribution in [-0.2, 0) is 11.0 Å². The molecule has 1 aliphatic rings. The molecule has 0 radical (unpaired) electrons. The van der Waals surface area contributed by atoms with Crippen LogP contribution in [0.4, 0.5) is 13.2 Å². The first kappa shape index (κ1) is 14.6. The van der Waals surface area contributed by atoms with E-state index in [9.17, 15) is 18.0 Å². The van der Waals surface area contributed by atoms with Gasteiger partial charge in [-0.2, -0.15) is 17.9 Å². The van der Waals surface area contributed by atoms with Crippen molar-refractivity contribution in [3.63, 3.8) is 0 Å². The SMILES string of the molecule is Cc1nc(C)n(-c2cc(C3C[C@@H]3C=O)nc(C(F)(F)F)n2)n1. The lowest BCUT2D eigenvalue weighted by atomic mass is 10.2. The number of rotatable bonds is 3. The Kier molecular flexibility index (Phi) is 3.22. The summed E-state index contributed by atoms with van der Waals surface area (Å²) in [5.41, 5.74) is 0.210. The predicted octanol–water partition coefficient (Wildman–Crippen LogP) is 2.00. The number of hydrogen-bond acceptors (Lipinski definition) is 5. The lowest BCUT2D eigenvalue weighted by Crippen LogP contribution is -2.16. The van der Waals surface area contributed by atoms with E-state index < -0.39 is 12.0 Å². The number of aromatic nitrogens is 5. The third kappa shape index (κ3) is 2.58.